The van der Waals surface area contributed by atoms with Crippen molar-refractivity contribution in [1.29, 1.82) is 0 Å². The number of hydrogen-bond donors (Lipinski definition) is 0. The van der Waals surface area contributed by atoms with Gasteiger partial charge in [-0.25, -0.2) is 0 Å². The first-order chi connectivity index (χ1) is 25.6. The van der Waals surface area contributed by atoms with Crippen molar-refractivity contribution in [3.8, 4) is 34.0 Å². The molecule has 0 atom stereocenters. The van der Waals surface area contributed by atoms with Crippen molar-refractivity contribution in [3.63, 3.8) is 0 Å². The Morgan fingerprint density at radius 1 is 0.537 bits per heavy atom. The van der Waals surface area contributed by atoms with Crippen molar-refractivity contribution in [2.75, 3.05) is 0 Å². The van der Waals surface area contributed by atoms with Gasteiger partial charge < -0.3 is 4.98 Å². The fourth-order valence-electron chi connectivity index (χ4n) is 6.36. The van der Waals surface area contributed by atoms with E-state index in [0.717, 1.165) is 44.8 Å². The molecular weight excluding hydrogens is 883 g/mol. The summed E-state index contributed by atoms with van der Waals surface area (Å²) in [4.78, 5) is 4.06. The molecule has 1 radical (unpaired) electrons. The molecule has 54 heavy (non-hydrogen) atoms. The minimum Gasteiger partial charge on any atom is -0.305 e. The zero-order valence-electron chi connectivity index (χ0n) is 27.5. The Labute approximate surface area is 316 Å². The maximum absolute atomic E-state index is 13.8. The fraction of sp³-hybridized carbons (Fsp3) is 0.0488. The second-order valence-corrected chi connectivity index (χ2v) is 11.9. The number of pyridine rings is 1. The van der Waals surface area contributed by atoms with Crippen LogP contribution < -0.4 is 0 Å². The van der Waals surface area contributed by atoms with E-state index in [-0.39, 0.29) is 57.7 Å². The number of benzene rings is 6. The normalized spacial score (nSPS) is 11.7. The predicted octanol–water partition coefficient (Wildman–Crippen LogP) is 10.9. The summed E-state index contributed by atoms with van der Waals surface area (Å²) in [6.45, 7) is 0. The molecule has 0 aliphatic carbocycles. The number of fused-ring (bicyclic) bond motifs is 5. The second kappa shape index (κ2) is 14.4. The van der Waals surface area contributed by atoms with Crippen molar-refractivity contribution in [2.24, 2.45) is 0 Å². The predicted molar refractivity (Wildman–Crippen MR) is 190 cm³/mol. The van der Waals surface area contributed by atoms with Gasteiger partial charge in [0.1, 0.15) is 5.82 Å². The molecule has 0 unspecified atom stereocenters. The van der Waals surface area contributed by atoms with E-state index < -0.39 is 18.0 Å². The van der Waals surface area contributed by atoms with Crippen LogP contribution in [0.3, 0.4) is 0 Å². The minimum absolute atomic E-state index is 0. The Balaban J connectivity index is 0.000000164. The van der Waals surface area contributed by atoms with Gasteiger partial charge in [0.15, 0.2) is 0 Å². The van der Waals surface area contributed by atoms with E-state index in [0.29, 0.717) is 17.7 Å². The summed E-state index contributed by atoms with van der Waals surface area (Å²) in [5.41, 5.74) is 0.399. The Morgan fingerprint density at radius 3 is 1.87 bits per heavy atom. The van der Waals surface area contributed by atoms with Crippen LogP contribution >= 0.6 is 0 Å². The van der Waals surface area contributed by atoms with E-state index in [1.54, 1.807) is 12.1 Å². The molecule has 9 rings (SSSR count). The first kappa shape index (κ1) is 36.3. The molecule has 0 fully saturated rings. The third kappa shape index (κ3) is 6.79. The summed E-state index contributed by atoms with van der Waals surface area (Å²) in [5, 5.41) is 21.6. The third-order valence-electron chi connectivity index (χ3n) is 8.68. The van der Waals surface area contributed by atoms with Gasteiger partial charge in [-0.15, -0.1) is 57.5 Å². The van der Waals surface area contributed by atoms with Gasteiger partial charge >= 0.3 is 12.5 Å². The standard InChI is InChI=1S/C22H13N4.C19H9F6N2.Ir/c1-3-11-17-15(7-1)9-5-13-19(17)21-23-25-22(26-24-21)20-14-6-10-16-8-2-4-12-18(16)20;20-18(21,22)11-7-8-16-14(10-11)12-4-3-5-13(15-6-1-2-9-26-15)17(12)27(16)19(23,24)25;/h1-13H;1-4,6-10H;/q2*-1;. The molecule has 6 nitrogen and oxygen atoms in total. The number of halogens is 6. The van der Waals surface area contributed by atoms with Crippen molar-refractivity contribution >= 4 is 43.4 Å². The van der Waals surface area contributed by atoms with Gasteiger partial charge in [-0.3, -0.25) is 4.57 Å². The maximum atomic E-state index is 13.8. The molecule has 3 aromatic heterocycles. The molecule has 13 heteroatoms. The molecule has 0 aliphatic heterocycles. The van der Waals surface area contributed by atoms with Crippen LogP contribution in [0.5, 0.6) is 0 Å². The average molecular weight is 905 g/mol. The SMILES string of the molecule is FC(F)(F)c1ccc2c(c1)c1cc[c-]c(-c3ccccn3)c1n2C(F)(F)F.[Ir].[c-]1ccc2ccccc2c1-c1nnc(-c2cccc3ccccc23)nn1. The quantitative estimate of drug-likeness (QED) is 0.130. The van der Waals surface area contributed by atoms with Crippen LogP contribution in [0.1, 0.15) is 5.56 Å². The Hall–Kier alpha value is -6.04. The van der Waals surface area contributed by atoms with Crippen molar-refractivity contribution < 1.29 is 46.4 Å². The third-order valence-corrected chi connectivity index (χ3v) is 8.68. The van der Waals surface area contributed by atoms with Crippen LogP contribution in [0.2, 0.25) is 0 Å². The van der Waals surface area contributed by atoms with Crippen LogP contribution in [0.25, 0.3) is 77.4 Å². The van der Waals surface area contributed by atoms with E-state index in [4.69, 9.17) is 0 Å². The number of nitrogens with zero attached hydrogens (tertiary/aromatic N) is 6. The molecule has 0 aliphatic rings. The van der Waals surface area contributed by atoms with Gasteiger partial charge in [-0.1, -0.05) is 95.2 Å². The maximum Gasteiger partial charge on any atom is 0.481 e. The first-order valence-corrected chi connectivity index (χ1v) is 16.1. The number of aromatic nitrogens is 6. The van der Waals surface area contributed by atoms with E-state index in [1.807, 2.05) is 54.6 Å². The number of alkyl halides is 6. The molecule has 0 saturated heterocycles. The van der Waals surface area contributed by atoms with Gasteiger partial charge in [0.2, 0.25) is 5.82 Å². The zero-order chi connectivity index (χ0) is 36.7. The molecular formula is C41H22F6IrN6-2. The Morgan fingerprint density at radius 2 is 1.17 bits per heavy atom. The summed E-state index contributed by atoms with van der Waals surface area (Å²) in [6, 6.07) is 41.8. The van der Waals surface area contributed by atoms with Crippen molar-refractivity contribution in [3.05, 3.63) is 151 Å². The van der Waals surface area contributed by atoms with Crippen LogP contribution in [0.15, 0.2) is 134 Å². The van der Waals surface area contributed by atoms with E-state index in [1.165, 1.54) is 24.4 Å². The zero-order valence-corrected chi connectivity index (χ0v) is 29.9. The van der Waals surface area contributed by atoms with Crippen LogP contribution in [0, 0.1) is 12.1 Å². The number of rotatable bonds is 3. The molecule has 6 aromatic carbocycles. The fourth-order valence-corrected chi connectivity index (χ4v) is 6.36. The molecule has 0 N–H and O–H groups in total. The van der Waals surface area contributed by atoms with Crippen molar-refractivity contribution in [1.82, 2.24) is 29.9 Å². The Kier molecular flexibility index (Phi) is 9.69. The smallest absolute Gasteiger partial charge is 0.305 e. The topological polar surface area (TPSA) is 69.4 Å². The first-order valence-electron chi connectivity index (χ1n) is 16.1. The van der Waals surface area contributed by atoms with Crippen LogP contribution in [0.4, 0.5) is 26.3 Å². The van der Waals surface area contributed by atoms with Gasteiger partial charge in [0.05, 0.1) is 5.56 Å². The minimum atomic E-state index is -4.83. The van der Waals surface area contributed by atoms with Gasteiger partial charge in [-0.2, -0.15) is 36.5 Å². The molecule has 0 amide bonds. The van der Waals surface area contributed by atoms with Gasteiger partial charge in [0, 0.05) is 37.4 Å². The average Bonchev–Trinajstić information content (AvgIpc) is 3.53. The molecule has 0 saturated carbocycles. The molecule has 3 heterocycles. The molecule has 0 spiro atoms. The van der Waals surface area contributed by atoms with Crippen LogP contribution in [-0.4, -0.2) is 29.9 Å². The summed E-state index contributed by atoms with van der Waals surface area (Å²) in [7, 11) is 0. The summed E-state index contributed by atoms with van der Waals surface area (Å²) >= 11 is 0. The largest absolute Gasteiger partial charge is 0.481 e. The van der Waals surface area contributed by atoms with Gasteiger partial charge in [-0.05, 0) is 51.6 Å². The van der Waals surface area contributed by atoms with Crippen molar-refractivity contribution in [2.45, 2.75) is 12.5 Å². The molecule has 269 valence electrons. The molecule has 0 bridgehead atoms. The summed E-state index contributed by atoms with van der Waals surface area (Å²) in [6.07, 6.45) is -8.08. The second-order valence-electron chi connectivity index (χ2n) is 11.9. The summed E-state index contributed by atoms with van der Waals surface area (Å²) < 4.78 is 80.7. The van der Waals surface area contributed by atoms with E-state index >= 15 is 0 Å². The Bertz CT molecular complexity index is 2660. The van der Waals surface area contributed by atoms with E-state index in [9.17, 15) is 26.3 Å². The summed E-state index contributed by atoms with van der Waals surface area (Å²) in [5.74, 6) is 0.997. The number of hydrogen-bond acceptors (Lipinski definition) is 5. The molecule has 9 aromatic rings. The van der Waals surface area contributed by atoms with E-state index in [2.05, 4.69) is 61.8 Å². The van der Waals surface area contributed by atoms with Gasteiger partial charge in [0.25, 0.3) is 0 Å². The monoisotopic (exact) mass is 905 g/mol. The van der Waals surface area contributed by atoms with Crippen LogP contribution in [-0.2, 0) is 32.6 Å².